The predicted octanol–water partition coefficient (Wildman–Crippen LogP) is 5.87. The minimum atomic E-state index is 0.161. The molecule has 0 heterocycles. The lowest BCUT2D eigenvalue weighted by Crippen LogP contribution is -2.48. The van der Waals surface area contributed by atoms with Crippen molar-refractivity contribution in [3.05, 3.63) is 23.3 Å². The standard InChI is InChI=1S/C25H35NO2/c1-16-5-3-4-6-23(16)26-15-20-10-21(28-2)11-22(24(20)27)25-12-17-7-18(13-25)9-19(8-17)14-25/h10-11,15-19,23,27H,3-9,12-14H2,1-2H3. The van der Waals surface area contributed by atoms with Crippen molar-refractivity contribution in [2.24, 2.45) is 28.7 Å². The van der Waals surface area contributed by atoms with Gasteiger partial charge in [-0.25, -0.2) is 0 Å². The van der Waals surface area contributed by atoms with Crippen LogP contribution in [0.15, 0.2) is 17.1 Å². The van der Waals surface area contributed by atoms with Crippen LogP contribution in [0.25, 0.3) is 0 Å². The Morgan fingerprint density at radius 1 is 1.04 bits per heavy atom. The first-order valence-electron chi connectivity index (χ1n) is 11.5. The highest BCUT2D eigenvalue weighted by Crippen LogP contribution is 2.62. The molecule has 1 aromatic carbocycles. The van der Waals surface area contributed by atoms with E-state index in [9.17, 15) is 5.11 Å². The number of hydrogen-bond acceptors (Lipinski definition) is 3. The SMILES string of the molecule is COc1cc(C=NC2CCCCC2C)c(O)c(C23CC4CC(CC(C4)C2)C3)c1. The van der Waals surface area contributed by atoms with Crippen molar-refractivity contribution in [3.8, 4) is 11.5 Å². The topological polar surface area (TPSA) is 41.8 Å². The average Bonchev–Trinajstić information content (AvgIpc) is 2.67. The molecule has 0 radical (unpaired) electrons. The number of methoxy groups -OCH3 is 1. The Morgan fingerprint density at radius 2 is 1.68 bits per heavy atom. The molecule has 5 aliphatic rings. The van der Waals surface area contributed by atoms with Crippen molar-refractivity contribution in [1.29, 1.82) is 0 Å². The summed E-state index contributed by atoms with van der Waals surface area (Å²) in [5.74, 6) is 4.54. The summed E-state index contributed by atoms with van der Waals surface area (Å²) in [5, 5.41) is 11.3. The molecule has 0 amide bonds. The summed E-state index contributed by atoms with van der Waals surface area (Å²) in [7, 11) is 1.74. The van der Waals surface area contributed by atoms with Gasteiger partial charge in [0.2, 0.25) is 0 Å². The summed E-state index contributed by atoms with van der Waals surface area (Å²) in [4.78, 5) is 4.92. The van der Waals surface area contributed by atoms with Gasteiger partial charge in [0.25, 0.3) is 0 Å². The van der Waals surface area contributed by atoms with E-state index in [4.69, 9.17) is 9.73 Å². The minimum absolute atomic E-state index is 0.161. The Morgan fingerprint density at radius 3 is 2.29 bits per heavy atom. The molecule has 3 nitrogen and oxygen atoms in total. The van der Waals surface area contributed by atoms with Crippen LogP contribution in [-0.4, -0.2) is 24.5 Å². The first-order valence-corrected chi connectivity index (χ1v) is 11.5. The minimum Gasteiger partial charge on any atom is -0.507 e. The van der Waals surface area contributed by atoms with E-state index in [0.717, 1.165) is 34.6 Å². The maximum absolute atomic E-state index is 11.3. The molecule has 0 spiro atoms. The van der Waals surface area contributed by atoms with Gasteiger partial charge in [-0.1, -0.05) is 19.8 Å². The van der Waals surface area contributed by atoms with Gasteiger partial charge in [0.05, 0.1) is 13.2 Å². The molecular weight excluding hydrogens is 346 g/mol. The van der Waals surface area contributed by atoms with E-state index >= 15 is 0 Å². The number of hydrogen-bond donors (Lipinski definition) is 1. The lowest BCUT2D eigenvalue weighted by Gasteiger charge is -2.57. The maximum atomic E-state index is 11.3. The van der Waals surface area contributed by atoms with Crippen LogP contribution >= 0.6 is 0 Å². The summed E-state index contributed by atoms with van der Waals surface area (Å²) in [6, 6.07) is 4.49. The second-order valence-corrected chi connectivity index (χ2v) is 10.4. The normalized spacial score (nSPS) is 39.6. The molecule has 5 saturated carbocycles. The van der Waals surface area contributed by atoms with Gasteiger partial charge in [0.15, 0.2) is 0 Å². The number of phenols is 1. The largest absolute Gasteiger partial charge is 0.507 e. The van der Waals surface area contributed by atoms with Gasteiger partial charge in [-0.3, -0.25) is 4.99 Å². The molecule has 3 heteroatoms. The highest BCUT2D eigenvalue weighted by Gasteiger charge is 2.52. The molecule has 1 aromatic rings. The fourth-order valence-electron chi connectivity index (χ4n) is 7.38. The number of nitrogens with zero attached hydrogens (tertiary/aromatic N) is 1. The third kappa shape index (κ3) is 3.15. The number of phenolic OH excluding ortho intramolecular Hbond substituents is 1. The number of rotatable bonds is 4. The van der Waals surface area contributed by atoms with Crippen LogP contribution < -0.4 is 4.74 Å². The smallest absolute Gasteiger partial charge is 0.128 e. The van der Waals surface area contributed by atoms with Crippen molar-refractivity contribution in [3.63, 3.8) is 0 Å². The summed E-state index contributed by atoms with van der Waals surface area (Å²) < 4.78 is 5.65. The molecule has 6 rings (SSSR count). The highest BCUT2D eigenvalue weighted by molar-refractivity contribution is 5.85. The Kier molecular flexibility index (Phi) is 4.68. The van der Waals surface area contributed by atoms with Crippen LogP contribution in [0, 0.1) is 23.7 Å². The van der Waals surface area contributed by atoms with Gasteiger partial charge in [-0.2, -0.15) is 0 Å². The van der Waals surface area contributed by atoms with Crippen LogP contribution in [0.2, 0.25) is 0 Å². The quantitative estimate of drug-likeness (QED) is 0.663. The fraction of sp³-hybridized carbons (Fsp3) is 0.720. The van der Waals surface area contributed by atoms with Gasteiger partial charge in [0, 0.05) is 17.3 Å². The Labute approximate surface area is 169 Å². The van der Waals surface area contributed by atoms with Gasteiger partial charge in [-0.05, 0) is 92.6 Å². The van der Waals surface area contributed by atoms with Crippen LogP contribution in [0.3, 0.4) is 0 Å². The van der Waals surface area contributed by atoms with Crippen LogP contribution in [0.4, 0.5) is 0 Å². The van der Waals surface area contributed by atoms with E-state index in [1.165, 1.54) is 64.2 Å². The third-order valence-corrected chi connectivity index (χ3v) is 8.43. The second-order valence-electron chi connectivity index (χ2n) is 10.4. The van der Waals surface area contributed by atoms with Crippen LogP contribution in [0.5, 0.6) is 11.5 Å². The average molecular weight is 382 g/mol. The maximum Gasteiger partial charge on any atom is 0.128 e. The van der Waals surface area contributed by atoms with Crippen molar-refractivity contribution >= 4 is 6.21 Å². The van der Waals surface area contributed by atoms with E-state index in [2.05, 4.69) is 13.0 Å². The Bertz CT molecular complexity index is 733. The molecular formula is C25H35NO2. The van der Waals surface area contributed by atoms with E-state index in [0.29, 0.717) is 17.7 Å². The van der Waals surface area contributed by atoms with Gasteiger partial charge < -0.3 is 9.84 Å². The number of benzene rings is 1. The fourth-order valence-corrected chi connectivity index (χ4v) is 7.38. The molecule has 0 aliphatic heterocycles. The number of aliphatic imine (C=N–C) groups is 1. The predicted molar refractivity (Wildman–Crippen MR) is 114 cm³/mol. The van der Waals surface area contributed by atoms with Crippen molar-refractivity contribution < 1.29 is 9.84 Å². The zero-order valence-electron chi connectivity index (χ0n) is 17.5. The third-order valence-electron chi connectivity index (χ3n) is 8.43. The summed E-state index contributed by atoms with van der Waals surface area (Å²) in [5.41, 5.74) is 2.15. The number of ether oxygens (including phenoxy) is 1. The molecule has 4 bridgehead atoms. The molecule has 5 aliphatic carbocycles. The van der Waals surface area contributed by atoms with Gasteiger partial charge in [0.1, 0.15) is 11.5 Å². The van der Waals surface area contributed by atoms with Crippen molar-refractivity contribution in [2.75, 3.05) is 7.11 Å². The molecule has 2 atom stereocenters. The lowest BCUT2D eigenvalue weighted by molar-refractivity contribution is -0.00622. The summed E-state index contributed by atoms with van der Waals surface area (Å²) in [6.07, 6.45) is 15.0. The van der Waals surface area contributed by atoms with Gasteiger partial charge >= 0.3 is 0 Å². The van der Waals surface area contributed by atoms with Crippen molar-refractivity contribution in [1.82, 2.24) is 0 Å². The van der Waals surface area contributed by atoms with E-state index in [-0.39, 0.29) is 5.41 Å². The van der Waals surface area contributed by atoms with Crippen LogP contribution in [0.1, 0.15) is 82.3 Å². The summed E-state index contributed by atoms with van der Waals surface area (Å²) in [6.45, 7) is 2.31. The lowest BCUT2D eigenvalue weighted by atomic mass is 9.48. The Balaban J connectivity index is 1.50. The van der Waals surface area contributed by atoms with Crippen molar-refractivity contribution in [2.45, 2.75) is 82.6 Å². The molecule has 0 saturated heterocycles. The first-order chi connectivity index (χ1) is 13.6. The zero-order valence-corrected chi connectivity index (χ0v) is 17.5. The molecule has 28 heavy (non-hydrogen) atoms. The molecule has 152 valence electrons. The summed E-state index contributed by atoms with van der Waals surface area (Å²) >= 11 is 0. The van der Waals surface area contributed by atoms with E-state index in [1.54, 1.807) is 7.11 Å². The van der Waals surface area contributed by atoms with Gasteiger partial charge in [-0.15, -0.1) is 0 Å². The monoisotopic (exact) mass is 381 g/mol. The zero-order chi connectivity index (χ0) is 19.3. The van der Waals surface area contributed by atoms with E-state index in [1.807, 2.05) is 12.3 Å². The second kappa shape index (κ2) is 7.07. The van der Waals surface area contributed by atoms with Crippen LogP contribution in [-0.2, 0) is 5.41 Å². The number of aromatic hydroxyl groups is 1. The highest BCUT2D eigenvalue weighted by atomic mass is 16.5. The molecule has 2 unspecified atom stereocenters. The molecule has 0 aromatic heterocycles. The molecule has 1 N–H and O–H groups in total. The van der Waals surface area contributed by atoms with E-state index < -0.39 is 0 Å². The Hall–Kier alpha value is -1.51. The first kappa shape index (κ1) is 18.5. The molecule has 5 fully saturated rings.